The number of benzene rings is 3. The first-order chi connectivity index (χ1) is 20.2. The van der Waals surface area contributed by atoms with E-state index in [0.717, 1.165) is 25.8 Å². The Balaban J connectivity index is 1.44. The van der Waals surface area contributed by atoms with Crippen LogP contribution in [0.3, 0.4) is 0 Å². The third kappa shape index (κ3) is 7.84. The van der Waals surface area contributed by atoms with Gasteiger partial charge in [0.15, 0.2) is 11.5 Å². The third-order valence-electron chi connectivity index (χ3n) is 5.86. The molecule has 1 saturated heterocycles. The summed E-state index contributed by atoms with van der Waals surface area (Å²) in [6.45, 7) is 1.94. The number of hydrogen-bond donors (Lipinski definition) is 1. The number of rotatable bonds is 11. The minimum absolute atomic E-state index is 0.0959. The van der Waals surface area contributed by atoms with Crippen LogP contribution < -0.4 is 14.8 Å². The van der Waals surface area contributed by atoms with Crippen LogP contribution in [0.4, 0.5) is 10.5 Å². The lowest BCUT2D eigenvalue weighted by Gasteiger charge is -2.14. The number of carbonyl (C=O) groups excluding carboxylic acids is 4. The van der Waals surface area contributed by atoms with Gasteiger partial charge in [-0.3, -0.25) is 19.3 Å². The topological polar surface area (TPSA) is 111 Å². The Morgan fingerprint density at radius 1 is 1.10 bits per heavy atom. The van der Waals surface area contributed by atoms with Gasteiger partial charge >= 0.3 is 5.97 Å². The summed E-state index contributed by atoms with van der Waals surface area (Å²) in [7, 11) is 1.52. The van der Waals surface area contributed by atoms with Crippen LogP contribution in [0.25, 0.3) is 6.08 Å². The van der Waals surface area contributed by atoms with E-state index in [0.29, 0.717) is 30.1 Å². The smallest absolute Gasteiger partial charge is 0.339 e. The SMILES string of the molecule is CCCOC(=O)c1cc(NC(=O)CN2C(=O)S/C(=C/c3cc(I)c(OCc4ccccc4)c(OC)c3)C2=O)ccc1Cl. The molecule has 218 valence electrons. The maximum atomic E-state index is 13.1. The van der Waals surface area contributed by atoms with Crippen LogP contribution in [0.1, 0.15) is 34.8 Å². The van der Waals surface area contributed by atoms with E-state index in [9.17, 15) is 19.2 Å². The summed E-state index contributed by atoms with van der Waals surface area (Å²) in [4.78, 5) is 51.7. The zero-order chi connectivity index (χ0) is 30.2. The fourth-order valence-corrected chi connectivity index (χ4v) is 5.67. The quantitative estimate of drug-likeness (QED) is 0.131. The second-order valence-electron chi connectivity index (χ2n) is 8.95. The Morgan fingerprint density at radius 3 is 2.57 bits per heavy atom. The number of carbonyl (C=O) groups is 4. The first-order valence-corrected chi connectivity index (χ1v) is 15.0. The lowest BCUT2D eigenvalue weighted by molar-refractivity contribution is -0.127. The second kappa shape index (κ2) is 14.6. The molecule has 0 aromatic heterocycles. The van der Waals surface area contributed by atoms with Crippen molar-refractivity contribution in [1.29, 1.82) is 0 Å². The van der Waals surface area contributed by atoms with Gasteiger partial charge in [0.1, 0.15) is 13.2 Å². The van der Waals surface area contributed by atoms with Gasteiger partial charge in [-0.1, -0.05) is 48.9 Å². The standard InChI is InChI=1S/C30H26ClIN2O7S/c1-3-11-40-29(37)21-15-20(9-10-22(21)31)33-26(35)16-34-28(36)25(42-30(34)38)14-19-12-23(32)27(24(13-19)39-2)41-17-18-7-5-4-6-8-18/h4-10,12-15H,3,11,16-17H2,1-2H3,(H,33,35)/b25-14+. The number of esters is 1. The van der Waals surface area contributed by atoms with Crippen LogP contribution in [0.2, 0.25) is 5.02 Å². The molecule has 3 aromatic rings. The van der Waals surface area contributed by atoms with E-state index >= 15 is 0 Å². The maximum Gasteiger partial charge on any atom is 0.339 e. The normalized spacial score (nSPS) is 13.8. The Hall–Kier alpha value is -3.55. The molecule has 0 atom stereocenters. The number of hydrogen-bond acceptors (Lipinski definition) is 8. The molecule has 1 aliphatic heterocycles. The monoisotopic (exact) mass is 720 g/mol. The summed E-state index contributed by atoms with van der Waals surface area (Å²) in [5.74, 6) is -0.795. The van der Waals surface area contributed by atoms with E-state index in [2.05, 4.69) is 27.9 Å². The average Bonchev–Trinajstić information content (AvgIpc) is 3.23. The molecule has 0 spiro atoms. The predicted octanol–water partition coefficient (Wildman–Crippen LogP) is 6.77. The van der Waals surface area contributed by atoms with Gasteiger partial charge in [-0.25, -0.2) is 4.79 Å². The predicted molar refractivity (Wildman–Crippen MR) is 170 cm³/mol. The third-order valence-corrected chi connectivity index (χ3v) is 7.90. The zero-order valence-corrected chi connectivity index (χ0v) is 26.4. The van der Waals surface area contributed by atoms with E-state index in [4.69, 9.17) is 25.8 Å². The van der Waals surface area contributed by atoms with Crippen molar-refractivity contribution in [1.82, 2.24) is 4.90 Å². The molecule has 0 unspecified atom stereocenters. The average molecular weight is 721 g/mol. The van der Waals surface area contributed by atoms with Crippen molar-refractivity contribution in [3.05, 3.63) is 90.9 Å². The van der Waals surface area contributed by atoms with Crippen molar-refractivity contribution < 1.29 is 33.4 Å². The van der Waals surface area contributed by atoms with Crippen molar-refractivity contribution in [2.75, 3.05) is 25.6 Å². The lowest BCUT2D eigenvalue weighted by atomic mass is 10.1. The molecule has 0 bridgehead atoms. The first kappa shape index (κ1) is 31.4. The molecular weight excluding hydrogens is 695 g/mol. The van der Waals surface area contributed by atoms with Gasteiger partial charge in [-0.05, 0) is 88.3 Å². The van der Waals surface area contributed by atoms with Crippen LogP contribution in [-0.4, -0.2) is 48.2 Å². The molecule has 3 amide bonds. The number of anilines is 1. The van der Waals surface area contributed by atoms with Crippen molar-refractivity contribution >= 4 is 80.7 Å². The van der Waals surface area contributed by atoms with Gasteiger partial charge in [0.2, 0.25) is 5.91 Å². The highest BCUT2D eigenvalue weighted by Crippen LogP contribution is 2.37. The van der Waals surface area contributed by atoms with Crippen molar-refractivity contribution in [2.24, 2.45) is 0 Å². The van der Waals surface area contributed by atoms with Crippen LogP contribution in [0.15, 0.2) is 65.6 Å². The Labute approximate surface area is 265 Å². The molecule has 9 nitrogen and oxygen atoms in total. The van der Waals surface area contributed by atoms with Gasteiger partial charge in [-0.2, -0.15) is 0 Å². The maximum absolute atomic E-state index is 13.1. The van der Waals surface area contributed by atoms with E-state index in [-0.39, 0.29) is 27.8 Å². The molecule has 1 fully saturated rings. The molecule has 0 radical (unpaired) electrons. The summed E-state index contributed by atoms with van der Waals surface area (Å²) in [5, 5.41) is 2.19. The number of methoxy groups -OCH3 is 1. The number of halogens is 2. The number of amides is 3. The summed E-state index contributed by atoms with van der Waals surface area (Å²) < 4.78 is 17.4. The van der Waals surface area contributed by atoms with E-state index in [1.54, 1.807) is 12.1 Å². The van der Waals surface area contributed by atoms with E-state index in [1.165, 1.54) is 25.3 Å². The Morgan fingerprint density at radius 2 is 1.86 bits per heavy atom. The fraction of sp³-hybridized carbons (Fsp3) is 0.200. The van der Waals surface area contributed by atoms with Crippen LogP contribution in [-0.2, 0) is 20.9 Å². The van der Waals surface area contributed by atoms with Gasteiger partial charge in [-0.15, -0.1) is 0 Å². The number of thioether (sulfide) groups is 1. The van der Waals surface area contributed by atoms with Gasteiger partial charge in [0, 0.05) is 5.69 Å². The molecule has 0 saturated carbocycles. The van der Waals surface area contributed by atoms with Crippen LogP contribution in [0.5, 0.6) is 11.5 Å². The molecule has 42 heavy (non-hydrogen) atoms. The van der Waals surface area contributed by atoms with E-state index < -0.39 is 29.6 Å². The molecule has 12 heteroatoms. The highest BCUT2D eigenvalue weighted by atomic mass is 127. The number of ether oxygens (including phenoxy) is 3. The minimum atomic E-state index is -0.620. The van der Waals surface area contributed by atoms with Crippen LogP contribution in [0, 0.1) is 3.57 Å². The van der Waals surface area contributed by atoms with Crippen molar-refractivity contribution in [3.63, 3.8) is 0 Å². The zero-order valence-electron chi connectivity index (χ0n) is 22.6. The van der Waals surface area contributed by atoms with Crippen LogP contribution >= 0.6 is 46.0 Å². The highest BCUT2D eigenvalue weighted by Gasteiger charge is 2.36. The number of nitrogens with zero attached hydrogens (tertiary/aromatic N) is 1. The summed E-state index contributed by atoms with van der Waals surface area (Å²) >= 11 is 8.97. The minimum Gasteiger partial charge on any atom is -0.493 e. The molecule has 1 N–H and O–H groups in total. The Bertz CT molecular complexity index is 1550. The number of nitrogens with one attached hydrogen (secondary N) is 1. The van der Waals surface area contributed by atoms with Crippen molar-refractivity contribution in [2.45, 2.75) is 20.0 Å². The molecule has 0 aliphatic carbocycles. The van der Waals surface area contributed by atoms with E-state index in [1.807, 2.05) is 43.3 Å². The van der Waals surface area contributed by atoms with Gasteiger partial charge < -0.3 is 19.5 Å². The second-order valence-corrected chi connectivity index (χ2v) is 11.5. The fourth-order valence-electron chi connectivity index (χ4n) is 3.86. The number of imide groups is 1. The molecule has 1 heterocycles. The molecule has 3 aromatic carbocycles. The lowest BCUT2D eigenvalue weighted by Crippen LogP contribution is -2.36. The van der Waals surface area contributed by atoms with Gasteiger partial charge in [0.05, 0.1) is 32.8 Å². The summed E-state index contributed by atoms with van der Waals surface area (Å²) in [5.41, 5.74) is 2.00. The highest BCUT2D eigenvalue weighted by molar-refractivity contribution is 14.1. The van der Waals surface area contributed by atoms with Gasteiger partial charge in [0.25, 0.3) is 11.1 Å². The molecular formula is C30H26ClIN2O7S. The Kier molecular flexibility index (Phi) is 10.9. The molecule has 1 aliphatic rings. The summed E-state index contributed by atoms with van der Waals surface area (Å²) in [6.07, 6.45) is 2.22. The summed E-state index contributed by atoms with van der Waals surface area (Å²) in [6, 6.07) is 17.6. The first-order valence-electron chi connectivity index (χ1n) is 12.8. The largest absolute Gasteiger partial charge is 0.493 e. The van der Waals surface area contributed by atoms with Crippen molar-refractivity contribution in [3.8, 4) is 11.5 Å². The molecule has 4 rings (SSSR count).